The first kappa shape index (κ1) is 7.13. The summed E-state index contributed by atoms with van der Waals surface area (Å²) in [4.78, 5) is 0. The van der Waals surface area contributed by atoms with Gasteiger partial charge in [-0.15, -0.1) is 0 Å². The zero-order valence-corrected chi connectivity index (χ0v) is 6.46. The summed E-state index contributed by atoms with van der Waals surface area (Å²) in [6.45, 7) is 2.15. The fourth-order valence-corrected chi connectivity index (χ4v) is 0.915. The molecule has 0 atom stereocenters. The summed E-state index contributed by atoms with van der Waals surface area (Å²) < 4.78 is 0. The average Bonchev–Trinajstić information content (AvgIpc) is 2.05. The fourth-order valence-electron chi connectivity index (χ4n) is 0.915. The summed E-state index contributed by atoms with van der Waals surface area (Å²) in [5.41, 5.74) is 2.42. The van der Waals surface area contributed by atoms with Gasteiger partial charge in [0.05, 0.1) is 5.69 Å². The third kappa shape index (κ3) is 1.50. The topological polar surface area (TPSA) is 14.1 Å². The van der Waals surface area contributed by atoms with Gasteiger partial charge in [-0.1, -0.05) is 19.1 Å². The van der Waals surface area contributed by atoms with Crippen molar-refractivity contribution >= 4 is 5.69 Å². The smallest absolute Gasteiger partial charge is 0.0573 e. The van der Waals surface area contributed by atoms with Gasteiger partial charge in [-0.25, -0.2) is 0 Å². The second kappa shape index (κ2) is 3.25. The van der Waals surface area contributed by atoms with Crippen molar-refractivity contribution in [3.63, 3.8) is 0 Å². The molecule has 0 unspecified atom stereocenters. The lowest BCUT2D eigenvalue weighted by molar-refractivity contribution is 1.07. The van der Waals surface area contributed by atoms with Crippen LogP contribution in [-0.2, 0) is 6.42 Å². The highest BCUT2D eigenvalue weighted by Gasteiger charge is 1.90. The Labute approximate surface area is 62.1 Å². The molecule has 1 nitrogen and oxygen atoms in total. The van der Waals surface area contributed by atoms with E-state index >= 15 is 0 Å². The highest BCUT2D eigenvalue weighted by atomic mass is 14.8. The van der Waals surface area contributed by atoms with Crippen molar-refractivity contribution < 1.29 is 0 Å². The summed E-state index contributed by atoms with van der Waals surface area (Å²) >= 11 is 0. The van der Waals surface area contributed by atoms with Crippen LogP contribution in [0.1, 0.15) is 12.5 Å². The van der Waals surface area contributed by atoms with Gasteiger partial charge in [-0.3, -0.25) is 5.32 Å². The molecule has 0 aromatic heterocycles. The van der Waals surface area contributed by atoms with Crippen molar-refractivity contribution in [1.29, 1.82) is 0 Å². The van der Waals surface area contributed by atoms with Gasteiger partial charge in [-0.2, -0.15) is 0 Å². The van der Waals surface area contributed by atoms with E-state index < -0.39 is 0 Å². The molecular formula is C9H12N. The monoisotopic (exact) mass is 134 g/mol. The summed E-state index contributed by atoms with van der Waals surface area (Å²) in [5, 5.41) is 4.08. The third-order valence-corrected chi connectivity index (χ3v) is 1.58. The van der Waals surface area contributed by atoms with Gasteiger partial charge < -0.3 is 0 Å². The molecule has 0 spiro atoms. The molecule has 0 aliphatic heterocycles. The van der Waals surface area contributed by atoms with E-state index in [9.17, 15) is 0 Å². The zero-order valence-electron chi connectivity index (χ0n) is 6.46. The molecule has 0 aliphatic carbocycles. The minimum absolute atomic E-state index is 1.07. The van der Waals surface area contributed by atoms with E-state index in [4.69, 9.17) is 0 Å². The van der Waals surface area contributed by atoms with Crippen LogP contribution in [0.5, 0.6) is 0 Å². The molecule has 0 bridgehead atoms. The highest BCUT2D eigenvalue weighted by Crippen LogP contribution is 2.09. The Morgan fingerprint density at radius 1 is 1.40 bits per heavy atom. The van der Waals surface area contributed by atoms with Crippen molar-refractivity contribution in [2.45, 2.75) is 13.3 Å². The van der Waals surface area contributed by atoms with Crippen molar-refractivity contribution in [1.82, 2.24) is 5.32 Å². The van der Waals surface area contributed by atoms with Gasteiger partial charge in [0.2, 0.25) is 0 Å². The molecule has 0 N–H and O–H groups in total. The van der Waals surface area contributed by atoms with Crippen molar-refractivity contribution in [3.05, 3.63) is 29.8 Å². The first-order valence-electron chi connectivity index (χ1n) is 3.55. The zero-order chi connectivity index (χ0) is 7.40. The lowest BCUT2D eigenvalue weighted by atomic mass is 10.1. The van der Waals surface area contributed by atoms with Crippen LogP contribution in [0.15, 0.2) is 24.3 Å². The Morgan fingerprint density at radius 2 is 2.20 bits per heavy atom. The van der Waals surface area contributed by atoms with E-state index in [1.54, 1.807) is 0 Å². The molecule has 0 heterocycles. The molecule has 0 saturated heterocycles. The van der Waals surface area contributed by atoms with Crippen LogP contribution in [0.25, 0.3) is 0 Å². The molecule has 53 valence electrons. The van der Waals surface area contributed by atoms with Gasteiger partial charge in [-0.05, 0) is 24.1 Å². The first-order chi connectivity index (χ1) is 4.86. The largest absolute Gasteiger partial charge is 0.289 e. The Morgan fingerprint density at radius 3 is 2.80 bits per heavy atom. The summed E-state index contributed by atoms with van der Waals surface area (Å²) in [6.07, 6.45) is 1.09. The number of nitrogens with zero attached hydrogens (tertiary/aromatic N) is 1. The van der Waals surface area contributed by atoms with Gasteiger partial charge in [0.15, 0.2) is 0 Å². The van der Waals surface area contributed by atoms with E-state index in [0.717, 1.165) is 12.1 Å². The molecule has 1 aromatic rings. The van der Waals surface area contributed by atoms with E-state index in [0.29, 0.717) is 0 Å². The minimum atomic E-state index is 1.07. The lowest BCUT2D eigenvalue weighted by Crippen LogP contribution is -1.87. The lowest BCUT2D eigenvalue weighted by Gasteiger charge is -1.98. The minimum Gasteiger partial charge on any atom is -0.289 e. The molecule has 1 heteroatoms. The van der Waals surface area contributed by atoms with Crippen LogP contribution in [-0.4, -0.2) is 7.05 Å². The van der Waals surface area contributed by atoms with E-state index in [1.807, 2.05) is 19.2 Å². The van der Waals surface area contributed by atoms with Crippen molar-refractivity contribution in [3.8, 4) is 0 Å². The Kier molecular flexibility index (Phi) is 2.32. The molecule has 1 aromatic carbocycles. The summed E-state index contributed by atoms with van der Waals surface area (Å²) in [7, 11) is 1.81. The molecule has 10 heavy (non-hydrogen) atoms. The molecule has 0 amide bonds. The van der Waals surface area contributed by atoms with E-state index in [1.165, 1.54) is 5.56 Å². The number of rotatable bonds is 2. The SMILES string of the molecule is CCc1cccc([N]C)c1. The van der Waals surface area contributed by atoms with Crippen LogP contribution in [0.4, 0.5) is 5.69 Å². The van der Waals surface area contributed by atoms with Crippen LogP contribution in [0.3, 0.4) is 0 Å². The highest BCUT2D eigenvalue weighted by molar-refractivity contribution is 5.38. The summed E-state index contributed by atoms with van der Waals surface area (Å²) in [5.74, 6) is 0. The Bertz CT molecular complexity index is 186. The first-order valence-corrected chi connectivity index (χ1v) is 3.55. The van der Waals surface area contributed by atoms with Gasteiger partial charge in [0.25, 0.3) is 0 Å². The molecular weight excluding hydrogens is 122 g/mol. The predicted molar refractivity (Wildman–Crippen MR) is 43.5 cm³/mol. The third-order valence-electron chi connectivity index (χ3n) is 1.58. The Hall–Kier alpha value is -0.980. The molecule has 0 aliphatic rings. The second-order valence-corrected chi connectivity index (χ2v) is 2.25. The van der Waals surface area contributed by atoms with Crippen LogP contribution < -0.4 is 5.32 Å². The fraction of sp³-hybridized carbons (Fsp3) is 0.333. The Balaban J connectivity index is 2.87. The van der Waals surface area contributed by atoms with Crippen LogP contribution in [0.2, 0.25) is 0 Å². The van der Waals surface area contributed by atoms with Gasteiger partial charge in [0.1, 0.15) is 0 Å². The van der Waals surface area contributed by atoms with Crippen LogP contribution in [0, 0.1) is 0 Å². The molecule has 0 saturated carbocycles. The standard InChI is InChI=1S/C9H12N/c1-3-8-5-4-6-9(7-8)10-2/h4-7H,3H2,1-2H3. The molecule has 1 rings (SSSR count). The number of aryl methyl sites for hydroxylation is 1. The second-order valence-electron chi connectivity index (χ2n) is 2.25. The number of hydrogen-bond acceptors (Lipinski definition) is 0. The van der Waals surface area contributed by atoms with Crippen LogP contribution >= 0.6 is 0 Å². The molecule has 1 radical (unpaired) electrons. The van der Waals surface area contributed by atoms with E-state index in [-0.39, 0.29) is 0 Å². The van der Waals surface area contributed by atoms with E-state index in [2.05, 4.69) is 24.4 Å². The normalized spacial score (nSPS) is 9.40. The van der Waals surface area contributed by atoms with Gasteiger partial charge in [0, 0.05) is 7.05 Å². The maximum Gasteiger partial charge on any atom is 0.0573 e. The maximum atomic E-state index is 4.08. The maximum absolute atomic E-state index is 4.08. The van der Waals surface area contributed by atoms with Gasteiger partial charge >= 0.3 is 0 Å². The number of benzene rings is 1. The summed E-state index contributed by atoms with van der Waals surface area (Å²) in [6, 6.07) is 8.29. The predicted octanol–water partition coefficient (Wildman–Crippen LogP) is 2.11. The quantitative estimate of drug-likeness (QED) is 0.588. The average molecular weight is 134 g/mol. The van der Waals surface area contributed by atoms with Crippen molar-refractivity contribution in [2.75, 3.05) is 7.05 Å². The van der Waals surface area contributed by atoms with Crippen molar-refractivity contribution in [2.24, 2.45) is 0 Å². The number of hydrogen-bond donors (Lipinski definition) is 0. The molecule has 0 fully saturated rings.